The summed E-state index contributed by atoms with van der Waals surface area (Å²) in [6, 6.07) is 0. The van der Waals surface area contributed by atoms with Gasteiger partial charge in [0.05, 0.1) is 0 Å². The third-order valence-electron chi connectivity index (χ3n) is 0.620. The van der Waals surface area contributed by atoms with Crippen molar-refractivity contribution >= 4 is 29.9 Å². The van der Waals surface area contributed by atoms with Crippen molar-refractivity contribution in [2.45, 2.75) is 0 Å². The van der Waals surface area contributed by atoms with E-state index < -0.39 is 24.3 Å². The predicted octanol–water partition coefficient (Wildman–Crippen LogP) is 1.81. The molecule has 0 saturated carbocycles. The monoisotopic (exact) mass is 268 g/mol. The zero-order valence-corrected chi connectivity index (χ0v) is 6.94. The van der Waals surface area contributed by atoms with Crippen LogP contribution in [0.5, 0.6) is 0 Å². The van der Waals surface area contributed by atoms with Gasteiger partial charge in [0.25, 0.3) is 6.08 Å². The van der Waals surface area contributed by atoms with E-state index in [0.29, 0.717) is 0 Å². The van der Waals surface area contributed by atoms with E-state index in [1.165, 1.54) is 0 Å². The Morgan fingerprint density at radius 2 is 1.80 bits per heavy atom. The fraction of sp³-hybridized carbons (Fsp3) is 0.250. The zero-order valence-electron chi connectivity index (χ0n) is 4.60. The molecule has 6 heteroatoms. The molecule has 0 radical (unpaired) electrons. The first-order valence-electron chi connectivity index (χ1n) is 1.93. The molecule has 0 aromatic carbocycles. The molecule has 60 valence electrons. The Morgan fingerprint density at radius 3 is 1.80 bits per heavy atom. The molecule has 0 aromatic rings. The molecule has 0 rings (SSSR count). The van der Waals surface area contributed by atoms with Gasteiger partial charge in [0, 0.05) is 0 Å². The summed E-state index contributed by atoms with van der Waals surface area (Å²) in [6.07, 6.45) is -2.48. The van der Waals surface area contributed by atoms with Crippen LogP contribution in [0.4, 0.5) is 13.2 Å². The van der Waals surface area contributed by atoms with Crippen molar-refractivity contribution in [3.05, 3.63) is 11.7 Å². The van der Waals surface area contributed by atoms with E-state index >= 15 is 0 Å². The summed E-state index contributed by atoms with van der Waals surface area (Å²) in [6.45, 7) is -1.64. The van der Waals surface area contributed by atoms with E-state index in [1.54, 1.807) is 0 Å². The molecular formula is C4H4F3IO2. The first-order valence-corrected chi connectivity index (χ1v) is 1.93. The molecule has 2 nitrogen and oxygen atoms in total. The maximum absolute atomic E-state index is 11.2. The highest BCUT2D eigenvalue weighted by Gasteiger charge is 2.13. The topological polar surface area (TPSA) is 37.3 Å². The maximum Gasteiger partial charge on any atom is 0.339 e. The minimum Gasteiger partial charge on any atom is -0.478 e. The summed E-state index contributed by atoms with van der Waals surface area (Å²) in [5.74, 6) is -1.92. The highest BCUT2D eigenvalue weighted by Crippen LogP contribution is 2.07. The fourth-order valence-corrected chi connectivity index (χ4v) is 0.188. The van der Waals surface area contributed by atoms with Crippen molar-refractivity contribution in [2.24, 2.45) is 0 Å². The normalized spacial score (nSPS) is 7.90. The van der Waals surface area contributed by atoms with E-state index in [0.717, 1.165) is 0 Å². The Labute approximate surface area is 71.7 Å². The van der Waals surface area contributed by atoms with Gasteiger partial charge in [0.15, 0.2) is 0 Å². The number of aliphatic carboxylic acids is 1. The van der Waals surface area contributed by atoms with Crippen LogP contribution in [0.1, 0.15) is 0 Å². The minimum atomic E-state index is -2.48. The molecule has 0 spiro atoms. The lowest BCUT2D eigenvalue weighted by Gasteiger charge is -1.89. The molecule has 0 fully saturated rings. The number of alkyl halides is 1. The summed E-state index contributed by atoms with van der Waals surface area (Å²) >= 11 is 0. The molecule has 0 heterocycles. The number of halogens is 4. The Hall–Kier alpha value is -0.270. The van der Waals surface area contributed by atoms with E-state index in [-0.39, 0.29) is 24.0 Å². The molecule has 0 aliphatic heterocycles. The molecular weight excluding hydrogens is 264 g/mol. The average molecular weight is 268 g/mol. The molecule has 0 aliphatic rings. The van der Waals surface area contributed by atoms with Gasteiger partial charge < -0.3 is 5.11 Å². The van der Waals surface area contributed by atoms with Crippen molar-refractivity contribution in [3.63, 3.8) is 0 Å². The van der Waals surface area contributed by atoms with Gasteiger partial charge in [-0.3, -0.25) is 0 Å². The van der Waals surface area contributed by atoms with Crippen LogP contribution in [0.15, 0.2) is 11.7 Å². The lowest BCUT2D eigenvalue weighted by atomic mass is 10.3. The van der Waals surface area contributed by atoms with Crippen LogP contribution in [-0.4, -0.2) is 17.8 Å². The standard InChI is InChI=1S/C4H3F3O2.HI/c5-1-2(3(6)7)4(8)9;/h1H2,(H,8,9);1H. The Kier molecular flexibility index (Phi) is 6.84. The molecule has 0 amide bonds. The summed E-state index contributed by atoms with van der Waals surface area (Å²) in [7, 11) is 0. The molecule has 1 N–H and O–H groups in total. The molecule has 10 heavy (non-hydrogen) atoms. The van der Waals surface area contributed by atoms with Crippen LogP contribution >= 0.6 is 24.0 Å². The summed E-state index contributed by atoms with van der Waals surface area (Å²) < 4.78 is 33.7. The molecule has 0 saturated heterocycles. The summed E-state index contributed by atoms with van der Waals surface area (Å²) in [5, 5.41) is 7.77. The average Bonchev–Trinajstić information content (AvgIpc) is 1.64. The van der Waals surface area contributed by atoms with Gasteiger partial charge in [-0.2, -0.15) is 8.78 Å². The zero-order chi connectivity index (χ0) is 7.44. The third kappa shape index (κ3) is 3.70. The van der Waals surface area contributed by atoms with Crippen LogP contribution in [0.25, 0.3) is 0 Å². The van der Waals surface area contributed by atoms with E-state index in [2.05, 4.69) is 0 Å². The summed E-state index contributed by atoms with van der Waals surface area (Å²) in [4.78, 5) is 9.59. The molecule has 0 bridgehead atoms. The second-order valence-electron chi connectivity index (χ2n) is 1.18. The summed E-state index contributed by atoms with van der Waals surface area (Å²) in [5.41, 5.74) is -1.48. The van der Waals surface area contributed by atoms with E-state index in [4.69, 9.17) is 5.11 Å². The molecule has 0 aromatic heterocycles. The molecule has 0 unspecified atom stereocenters. The number of hydrogen-bond donors (Lipinski definition) is 1. The van der Waals surface area contributed by atoms with Crippen molar-refractivity contribution < 1.29 is 23.1 Å². The van der Waals surface area contributed by atoms with Gasteiger partial charge in [-0.05, 0) is 0 Å². The number of carboxylic acids is 1. The number of carboxylic acid groups (broad SMARTS) is 1. The lowest BCUT2D eigenvalue weighted by molar-refractivity contribution is -0.133. The van der Waals surface area contributed by atoms with Crippen molar-refractivity contribution in [2.75, 3.05) is 6.67 Å². The van der Waals surface area contributed by atoms with Crippen LogP contribution in [-0.2, 0) is 4.79 Å². The SMILES string of the molecule is I.O=C(O)C(CF)=C(F)F. The van der Waals surface area contributed by atoms with Crippen molar-refractivity contribution in [3.8, 4) is 0 Å². The number of carbonyl (C=O) groups is 1. The predicted molar refractivity (Wildman–Crippen MR) is 38.3 cm³/mol. The second-order valence-corrected chi connectivity index (χ2v) is 1.18. The maximum atomic E-state index is 11.2. The minimum absolute atomic E-state index is 0. The Balaban J connectivity index is 0. The first kappa shape index (κ1) is 12.4. The van der Waals surface area contributed by atoms with Gasteiger partial charge in [0.1, 0.15) is 12.2 Å². The van der Waals surface area contributed by atoms with Crippen molar-refractivity contribution in [1.29, 1.82) is 0 Å². The van der Waals surface area contributed by atoms with Crippen LogP contribution in [0.3, 0.4) is 0 Å². The largest absolute Gasteiger partial charge is 0.478 e. The molecule has 0 aliphatic carbocycles. The Morgan fingerprint density at radius 1 is 1.40 bits per heavy atom. The first-order chi connectivity index (χ1) is 4.09. The quantitative estimate of drug-likeness (QED) is 0.612. The highest BCUT2D eigenvalue weighted by molar-refractivity contribution is 14.0. The van der Waals surface area contributed by atoms with E-state index in [9.17, 15) is 18.0 Å². The lowest BCUT2D eigenvalue weighted by Crippen LogP contribution is -2.02. The van der Waals surface area contributed by atoms with Crippen molar-refractivity contribution in [1.82, 2.24) is 0 Å². The van der Waals surface area contributed by atoms with Gasteiger partial charge in [-0.15, -0.1) is 24.0 Å². The van der Waals surface area contributed by atoms with Crippen LogP contribution in [0, 0.1) is 0 Å². The highest BCUT2D eigenvalue weighted by atomic mass is 127. The fourth-order valence-electron chi connectivity index (χ4n) is 0.188. The smallest absolute Gasteiger partial charge is 0.339 e. The Bertz CT molecular complexity index is 153. The van der Waals surface area contributed by atoms with E-state index in [1.807, 2.05) is 0 Å². The van der Waals surface area contributed by atoms with Crippen LogP contribution < -0.4 is 0 Å². The number of rotatable bonds is 2. The van der Waals surface area contributed by atoms with Gasteiger partial charge >= 0.3 is 5.97 Å². The molecule has 0 atom stereocenters. The van der Waals surface area contributed by atoms with Gasteiger partial charge in [-0.25, -0.2) is 9.18 Å². The van der Waals surface area contributed by atoms with Gasteiger partial charge in [0.2, 0.25) is 0 Å². The number of hydrogen-bond acceptors (Lipinski definition) is 1. The second kappa shape index (κ2) is 5.51. The van der Waals surface area contributed by atoms with Crippen LogP contribution in [0.2, 0.25) is 0 Å². The third-order valence-corrected chi connectivity index (χ3v) is 0.620. The van der Waals surface area contributed by atoms with Gasteiger partial charge in [-0.1, -0.05) is 0 Å².